The van der Waals surface area contributed by atoms with Crippen LogP contribution in [0, 0.1) is 12.7 Å². The van der Waals surface area contributed by atoms with E-state index in [0.29, 0.717) is 12.1 Å². The van der Waals surface area contributed by atoms with Crippen LogP contribution in [0.1, 0.15) is 54.3 Å². The van der Waals surface area contributed by atoms with E-state index >= 15 is 0 Å². The summed E-state index contributed by atoms with van der Waals surface area (Å²) >= 11 is 8.20. The van der Waals surface area contributed by atoms with Crippen molar-refractivity contribution in [3.63, 3.8) is 0 Å². The zero-order valence-electron chi connectivity index (χ0n) is 23.2. The second kappa shape index (κ2) is 13.6. The van der Waals surface area contributed by atoms with Gasteiger partial charge in [-0.3, -0.25) is 9.78 Å². The number of amides is 1. The molecule has 5 rings (SSSR count). The molecule has 8 heteroatoms. The van der Waals surface area contributed by atoms with E-state index in [0.717, 1.165) is 47.4 Å². The maximum Gasteiger partial charge on any atom is 0.238 e. The molecule has 2 heterocycles. The van der Waals surface area contributed by atoms with Gasteiger partial charge < -0.3 is 10.6 Å². The Morgan fingerprint density at radius 1 is 1.10 bits per heavy atom. The van der Waals surface area contributed by atoms with Crippen molar-refractivity contribution in [2.24, 2.45) is 5.73 Å². The SMILES string of the molecule is CN.Cc1ccc(-c2ccc(P(C)C)c(CN(C(=O)C3Sc4cccc(F)c4C3Cl)C3CCCCC3)c2)cn1. The van der Waals surface area contributed by atoms with Gasteiger partial charge in [0.15, 0.2) is 0 Å². The first kappa shape index (κ1) is 30.0. The van der Waals surface area contributed by atoms with Crippen LogP contribution in [-0.4, -0.2) is 47.5 Å². The molecule has 39 heavy (non-hydrogen) atoms. The van der Waals surface area contributed by atoms with Crippen LogP contribution in [0.15, 0.2) is 59.6 Å². The van der Waals surface area contributed by atoms with E-state index in [1.807, 2.05) is 25.3 Å². The number of rotatable bonds is 6. The van der Waals surface area contributed by atoms with E-state index in [4.69, 9.17) is 11.6 Å². The Labute approximate surface area is 242 Å². The van der Waals surface area contributed by atoms with E-state index in [-0.39, 0.29) is 25.7 Å². The van der Waals surface area contributed by atoms with E-state index in [2.05, 4.69) is 53.2 Å². The Balaban J connectivity index is 0.00000172. The van der Waals surface area contributed by atoms with Gasteiger partial charge in [-0.1, -0.05) is 51.4 Å². The van der Waals surface area contributed by atoms with Gasteiger partial charge in [0, 0.05) is 40.5 Å². The third-order valence-corrected chi connectivity index (χ3v) is 10.9. The first-order valence-corrected chi connectivity index (χ1v) is 17.1. The topological polar surface area (TPSA) is 59.2 Å². The Hall–Kier alpha value is -1.98. The lowest BCUT2D eigenvalue weighted by Crippen LogP contribution is -2.46. The molecule has 2 atom stereocenters. The van der Waals surface area contributed by atoms with Crippen molar-refractivity contribution < 1.29 is 9.18 Å². The Kier molecular flexibility index (Phi) is 10.4. The smallest absolute Gasteiger partial charge is 0.238 e. The maximum atomic E-state index is 14.6. The summed E-state index contributed by atoms with van der Waals surface area (Å²) in [6, 6.07) is 15.9. The zero-order valence-corrected chi connectivity index (χ0v) is 25.6. The zero-order chi connectivity index (χ0) is 28.1. The summed E-state index contributed by atoms with van der Waals surface area (Å²) in [7, 11) is 1.13. The van der Waals surface area contributed by atoms with Gasteiger partial charge in [-0.25, -0.2) is 4.39 Å². The van der Waals surface area contributed by atoms with Crippen molar-refractivity contribution in [2.45, 2.75) is 67.1 Å². The molecule has 2 N–H and O–H groups in total. The van der Waals surface area contributed by atoms with Gasteiger partial charge in [0.05, 0.1) is 5.38 Å². The molecule has 1 aliphatic carbocycles. The predicted molar refractivity (Wildman–Crippen MR) is 165 cm³/mol. The molecule has 208 valence electrons. The van der Waals surface area contributed by atoms with Crippen LogP contribution in [0.4, 0.5) is 4.39 Å². The van der Waals surface area contributed by atoms with Crippen LogP contribution in [0.3, 0.4) is 0 Å². The number of nitrogens with zero attached hydrogens (tertiary/aromatic N) is 2. The molecule has 0 saturated heterocycles. The quantitative estimate of drug-likeness (QED) is 0.244. The Morgan fingerprint density at radius 2 is 1.82 bits per heavy atom. The number of alkyl halides is 1. The number of carbonyl (C=O) groups is 1. The van der Waals surface area contributed by atoms with Crippen molar-refractivity contribution in [3.8, 4) is 11.1 Å². The second-order valence-corrected chi connectivity index (χ2v) is 14.2. The third-order valence-electron chi connectivity index (χ3n) is 7.50. The van der Waals surface area contributed by atoms with Crippen LogP contribution >= 0.6 is 31.3 Å². The minimum absolute atomic E-state index is 0.0254. The average Bonchev–Trinajstić information content (AvgIpc) is 3.30. The first-order valence-electron chi connectivity index (χ1n) is 13.5. The lowest BCUT2D eigenvalue weighted by molar-refractivity contribution is -0.134. The van der Waals surface area contributed by atoms with Gasteiger partial charge in [0.2, 0.25) is 5.91 Å². The van der Waals surface area contributed by atoms with Gasteiger partial charge in [0.25, 0.3) is 0 Å². The normalized spacial score (nSPS) is 18.9. The molecular weight excluding hydrogens is 548 g/mol. The largest absolute Gasteiger partial charge is 0.334 e. The van der Waals surface area contributed by atoms with E-state index in [1.165, 1.54) is 42.2 Å². The van der Waals surface area contributed by atoms with Crippen molar-refractivity contribution in [1.29, 1.82) is 0 Å². The van der Waals surface area contributed by atoms with Crippen molar-refractivity contribution in [3.05, 3.63) is 77.4 Å². The molecule has 2 aliphatic rings. The fraction of sp³-hybridized carbons (Fsp3) is 0.419. The molecule has 1 aromatic heterocycles. The van der Waals surface area contributed by atoms with Gasteiger partial charge in [-0.2, -0.15) is 0 Å². The third kappa shape index (κ3) is 6.68. The number of nitrogens with two attached hydrogens (primary N) is 1. The van der Waals surface area contributed by atoms with E-state index in [9.17, 15) is 9.18 Å². The van der Waals surface area contributed by atoms with Crippen LogP contribution in [-0.2, 0) is 11.3 Å². The summed E-state index contributed by atoms with van der Waals surface area (Å²) in [6.07, 6.45) is 7.38. The molecule has 2 unspecified atom stereocenters. The van der Waals surface area contributed by atoms with Crippen LogP contribution in [0.2, 0.25) is 0 Å². The molecule has 1 saturated carbocycles. The molecule has 1 fully saturated rings. The fourth-order valence-electron chi connectivity index (χ4n) is 5.50. The summed E-state index contributed by atoms with van der Waals surface area (Å²) in [5.74, 6) is -0.300. The van der Waals surface area contributed by atoms with Gasteiger partial charge in [0.1, 0.15) is 11.1 Å². The van der Waals surface area contributed by atoms with Crippen molar-refractivity contribution in [1.82, 2.24) is 9.88 Å². The van der Waals surface area contributed by atoms with Gasteiger partial charge >= 0.3 is 0 Å². The average molecular weight is 586 g/mol. The lowest BCUT2D eigenvalue weighted by atomic mass is 9.93. The first-order chi connectivity index (χ1) is 18.8. The summed E-state index contributed by atoms with van der Waals surface area (Å²) in [5, 5.41) is 0.121. The number of fused-ring (bicyclic) bond motifs is 1. The number of carbonyl (C=O) groups excluding carboxylic acids is 1. The number of aryl methyl sites for hydroxylation is 1. The lowest BCUT2D eigenvalue weighted by Gasteiger charge is -2.37. The molecule has 0 radical (unpaired) electrons. The summed E-state index contributed by atoms with van der Waals surface area (Å²) in [5.41, 5.74) is 9.33. The predicted octanol–water partition coefficient (Wildman–Crippen LogP) is 7.25. The minimum atomic E-state index is -0.668. The highest BCUT2D eigenvalue weighted by molar-refractivity contribution is 8.01. The number of hydrogen-bond donors (Lipinski definition) is 1. The van der Waals surface area contributed by atoms with E-state index in [1.54, 1.807) is 6.07 Å². The molecule has 1 amide bonds. The van der Waals surface area contributed by atoms with E-state index < -0.39 is 10.6 Å². The Morgan fingerprint density at radius 3 is 2.46 bits per heavy atom. The van der Waals surface area contributed by atoms with Crippen LogP contribution in [0.25, 0.3) is 11.1 Å². The molecule has 0 bridgehead atoms. The number of hydrogen-bond acceptors (Lipinski definition) is 4. The monoisotopic (exact) mass is 585 g/mol. The molecule has 4 nitrogen and oxygen atoms in total. The standard InChI is InChI=1S/C30H33ClFN2OPS.CH5N/c1-19-12-13-21(17-33-19)20-14-15-25(36(2)3)22(16-20)18-34(23-8-5-4-6-9-23)30(35)29-28(31)27-24(32)10-7-11-26(27)37-29;1-2/h7,10-17,23,28-29H,4-6,8-9,18H2,1-3H3;2H2,1H3. The minimum Gasteiger partial charge on any atom is -0.334 e. The number of benzene rings is 2. The summed E-state index contributed by atoms with van der Waals surface area (Å²) < 4.78 is 14.6. The number of pyridine rings is 1. The summed E-state index contributed by atoms with van der Waals surface area (Å²) in [6.45, 7) is 7.05. The highest BCUT2D eigenvalue weighted by Gasteiger charge is 2.42. The molecule has 1 aliphatic heterocycles. The molecular formula is C31H38ClFN3OPS. The maximum absolute atomic E-state index is 14.6. The van der Waals surface area contributed by atoms with Crippen molar-refractivity contribution in [2.75, 3.05) is 20.4 Å². The number of halogens is 2. The van der Waals surface area contributed by atoms with Crippen LogP contribution < -0.4 is 11.0 Å². The molecule has 0 spiro atoms. The second-order valence-electron chi connectivity index (χ2n) is 10.3. The number of aromatic nitrogens is 1. The van der Waals surface area contributed by atoms with Crippen LogP contribution in [0.5, 0.6) is 0 Å². The highest BCUT2D eigenvalue weighted by Crippen LogP contribution is 2.49. The highest BCUT2D eigenvalue weighted by atomic mass is 35.5. The fourth-order valence-corrected chi connectivity index (χ4v) is 8.41. The van der Waals surface area contributed by atoms with Gasteiger partial charge in [-0.05, 0) is 80.8 Å². The Bertz CT molecular complexity index is 1280. The van der Waals surface area contributed by atoms with Gasteiger partial charge in [-0.15, -0.1) is 23.4 Å². The molecule has 2 aromatic carbocycles. The molecule has 3 aromatic rings. The summed E-state index contributed by atoms with van der Waals surface area (Å²) in [4.78, 5) is 21.5. The van der Waals surface area contributed by atoms with Crippen molar-refractivity contribution >= 4 is 42.5 Å². The number of thioether (sulfide) groups is 1.